The molecule has 9 nitrogen and oxygen atoms in total. The average Bonchev–Trinajstić information content (AvgIpc) is 3.62. The molecule has 2 heterocycles. The summed E-state index contributed by atoms with van der Waals surface area (Å²) in [6.45, 7) is 4.97. The molecule has 0 N–H and O–H groups in total. The fourth-order valence-corrected chi connectivity index (χ4v) is 4.92. The van der Waals surface area contributed by atoms with Gasteiger partial charge in [0.1, 0.15) is 0 Å². The topological polar surface area (TPSA) is 97.0 Å². The number of hydrogen-bond donors (Lipinski definition) is 0. The van der Waals surface area contributed by atoms with Crippen molar-refractivity contribution < 1.29 is 14.3 Å². The molecule has 6 aromatic rings. The Hall–Kier alpha value is -5.31. The third-order valence-electron chi connectivity index (χ3n) is 6.73. The number of esters is 1. The minimum atomic E-state index is -0.402. The molecule has 0 radical (unpaired) electrons. The van der Waals surface area contributed by atoms with Crippen LogP contribution in [0.1, 0.15) is 29.8 Å². The Labute approximate surface area is 237 Å². The Morgan fingerprint density at radius 2 is 1.56 bits per heavy atom. The molecular weight excluding hydrogens is 516 g/mol. The third kappa shape index (κ3) is 5.05. The second-order valence-electron chi connectivity index (χ2n) is 9.29. The number of aromatic nitrogens is 6. The van der Waals surface area contributed by atoms with Crippen molar-refractivity contribution in [2.24, 2.45) is 0 Å². The van der Waals surface area contributed by atoms with Crippen LogP contribution in [0.2, 0.25) is 0 Å². The SMILES string of the molecule is CCOC(=O)c1cccc2nc(OCC)n(-c3ccc(-c4ccccc4-c4nnnn4Cc4ccccc4)cc3)c12. The minimum Gasteiger partial charge on any atom is -0.465 e. The van der Waals surface area contributed by atoms with Gasteiger partial charge in [-0.25, -0.2) is 9.48 Å². The predicted octanol–water partition coefficient (Wildman–Crippen LogP) is 5.97. The van der Waals surface area contributed by atoms with Crippen LogP contribution in [0.4, 0.5) is 0 Å². The van der Waals surface area contributed by atoms with E-state index in [0.717, 1.165) is 27.9 Å². The van der Waals surface area contributed by atoms with Crippen LogP contribution in [-0.4, -0.2) is 48.9 Å². The van der Waals surface area contributed by atoms with E-state index in [1.807, 2.05) is 82.9 Å². The predicted molar refractivity (Wildman–Crippen MR) is 156 cm³/mol. The number of carbonyl (C=O) groups excluding carboxylic acids is 1. The molecule has 0 fully saturated rings. The molecule has 0 aliphatic rings. The van der Waals surface area contributed by atoms with E-state index in [9.17, 15) is 4.79 Å². The first-order valence-corrected chi connectivity index (χ1v) is 13.5. The van der Waals surface area contributed by atoms with Gasteiger partial charge in [-0.3, -0.25) is 4.57 Å². The van der Waals surface area contributed by atoms with Crippen molar-refractivity contribution in [1.82, 2.24) is 29.8 Å². The highest BCUT2D eigenvalue weighted by Gasteiger charge is 2.21. The van der Waals surface area contributed by atoms with Crippen molar-refractivity contribution in [1.29, 1.82) is 0 Å². The molecule has 0 atom stereocenters. The van der Waals surface area contributed by atoms with Gasteiger partial charge in [0.25, 0.3) is 0 Å². The van der Waals surface area contributed by atoms with Gasteiger partial charge in [0.15, 0.2) is 5.82 Å². The summed E-state index contributed by atoms with van der Waals surface area (Å²) in [4.78, 5) is 17.5. The van der Waals surface area contributed by atoms with E-state index in [0.29, 0.717) is 41.6 Å². The zero-order chi connectivity index (χ0) is 28.2. The minimum absolute atomic E-state index is 0.282. The first-order valence-electron chi connectivity index (χ1n) is 13.5. The highest BCUT2D eigenvalue weighted by molar-refractivity contribution is 6.03. The van der Waals surface area contributed by atoms with Gasteiger partial charge in [0.05, 0.1) is 42.0 Å². The lowest BCUT2D eigenvalue weighted by atomic mass is 9.99. The number of imidazole rings is 1. The zero-order valence-corrected chi connectivity index (χ0v) is 22.8. The van der Waals surface area contributed by atoms with Crippen molar-refractivity contribution in [2.75, 3.05) is 13.2 Å². The van der Waals surface area contributed by atoms with Crippen molar-refractivity contribution >= 4 is 17.0 Å². The standard InChI is InChI=1S/C32H28N6O3/c1-3-40-31(39)27-15-10-16-28-29(27)38(32(33-28)41-4-2)24-19-17-23(18-20-24)25-13-8-9-14-26(25)30-34-35-36-37(30)21-22-11-6-5-7-12-22/h5-20H,3-4,21H2,1-2H3. The molecule has 0 aliphatic carbocycles. The molecule has 204 valence electrons. The Morgan fingerprint density at radius 3 is 2.32 bits per heavy atom. The molecule has 9 heteroatoms. The van der Waals surface area contributed by atoms with Gasteiger partial charge in [0, 0.05) is 5.56 Å². The fourth-order valence-electron chi connectivity index (χ4n) is 4.92. The number of carbonyl (C=O) groups is 1. The zero-order valence-electron chi connectivity index (χ0n) is 22.8. The van der Waals surface area contributed by atoms with E-state index in [4.69, 9.17) is 9.47 Å². The van der Waals surface area contributed by atoms with E-state index in [2.05, 4.69) is 38.7 Å². The van der Waals surface area contributed by atoms with Gasteiger partial charge in [-0.05, 0) is 65.2 Å². The average molecular weight is 545 g/mol. The van der Waals surface area contributed by atoms with Crippen molar-refractivity contribution in [3.05, 3.63) is 108 Å². The summed E-state index contributed by atoms with van der Waals surface area (Å²) >= 11 is 0. The highest BCUT2D eigenvalue weighted by Crippen LogP contribution is 2.34. The molecule has 6 rings (SSSR count). The van der Waals surface area contributed by atoms with Gasteiger partial charge in [-0.15, -0.1) is 5.10 Å². The van der Waals surface area contributed by atoms with Gasteiger partial charge in [-0.2, -0.15) is 4.98 Å². The molecular formula is C32H28N6O3. The van der Waals surface area contributed by atoms with Crippen LogP contribution >= 0.6 is 0 Å². The maximum Gasteiger partial charge on any atom is 0.340 e. The number of hydrogen-bond acceptors (Lipinski definition) is 7. The summed E-state index contributed by atoms with van der Waals surface area (Å²) in [7, 11) is 0. The Kier molecular flexibility index (Phi) is 7.23. The van der Waals surface area contributed by atoms with E-state index in [1.165, 1.54) is 0 Å². The molecule has 0 spiro atoms. The number of ether oxygens (including phenoxy) is 2. The largest absolute Gasteiger partial charge is 0.465 e. The molecule has 2 aromatic heterocycles. The molecule has 0 saturated heterocycles. The van der Waals surface area contributed by atoms with Crippen LogP contribution in [0, 0.1) is 0 Å². The Balaban J connectivity index is 1.41. The van der Waals surface area contributed by atoms with Gasteiger partial charge in [0.2, 0.25) is 0 Å². The van der Waals surface area contributed by atoms with Crippen molar-refractivity contribution in [3.8, 4) is 34.2 Å². The number of tetrazole rings is 1. The summed E-state index contributed by atoms with van der Waals surface area (Å²) in [5.41, 5.74) is 6.56. The van der Waals surface area contributed by atoms with E-state index >= 15 is 0 Å². The molecule has 4 aromatic carbocycles. The molecule has 0 saturated carbocycles. The first-order chi connectivity index (χ1) is 20.2. The van der Waals surface area contributed by atoms with Crippen LogP contribution < -0.4 is 4.74 Å². The summed E-state index contributed by atoms with van der Waals surface area (Å²) in [5, 5.41) is 12.6. The van der Waals surface area contributed by atoms with Crippen LogP contribution in [0.3, 0.4) is 0 Å². The molecule has 0 amide bonds. The second kappa shape index (κ2) is 11.4. The number of benzene rings is 4. The summed E-state index contributed by atoms with van der Waals surface area (Å²) < 4.78 is 14.9. The number of fused-ring (bicyclic) bond motifs is 1. The lowest BCUT2D eigenvalue weighted by molar-refractivity contribution is 0.0528. The first kappa shape index (κ1) is 25.9. The lowest BCUT2D eigenvalue weighted by Crippen LogP contribution is -2.08. The van der Waals surface area contributed by atoms with Crippen LogP contribution in [0.5, 0.6) is 6.01 Å². The third-order valence-corrected chi connectivity index (χ3v) is 6.73. The molecule has 0 bridgehead atoms. The number of nitrogens with zero attached hydrogens (tertiary/aromatic N) is 6. The van der Waals surface area contributed by atoms with Crippen LogP contribution in [0.25, 0.3) is 39.2 Å². The van der Waals surface area contributed by atoms with Crippen LogP contribution in [0.15, 0.2) is 97.1 Å². The van der Waals surface area contributed by atoms with Crippen LogP contribution in [-0.2, 0) is 11.3 Å². The van der Waals surface area contributed by atoms with Gasteiger partial charge >= 0.3 is 12.0 Å². The lowest BCUT2D eigenvalue weighted by Gasteiger charge is -2.13. The maximum atomic E-state index is 12.8. The summed E-state index contributed by atoms with van der Waals surface area (Å²) in [6.07, 6.45) is 0. The summed E-state index contributed by atoms with van der Waals surface area (Å²) in [5.74, 6) is 0.285. The number of rotatable bonds is 9. The van der Waals surface area contributed by atoms with E-state index in [1.54, 1.807) is 19.1 Å². The van der Waals surface area contributed by atoms with Crippen molar-refractivity contribution in [3.63, 3.8) is 0 Å². The quantitative estimate of drug-likeness (QED) is 0.207. The Bertz CT molecular complexity index is 1810. The normalized spacial score (nSPS) is 11.1. The maximum absolute atomic E-state index is 12.8. The van der Waals surface area contributed by atoms with E-state index in [-0.39, 0.29) is 6.61 Å². The number of para-hydroxylation sites is 1. The Morgan fingerprint density at radius 1 is 0.805 bits per heavy atom. The fraction of sp³-hybridized carbons (Fsp3) is 0.156. The molecule has 0 unspecified atom stereocenters. The monoisotopic (exact) mass is 544 g/mol. The smallest absolute Gasteiger partial charge is 0.340 e. The molecule has 0 aliphatic heterocycles. The van der Waals surface area contributed by atoms with E-state index < -0.39 is 5.97 Å². The van der Waals surface area contributed by atoms with Crippen molar-refractivity contribution in [2.45, 2.75) is 20.4 Å². The summed E-state index contributed by atoms with van der Waals surface area (Å²) in [6, 6.07) is 32.1. The van der Waals surface area contributed by atoms with Gasteiger partial charge < -0.3 is 9.47 Å². The molecule has 41 heavy (non-hydrogen) atoms. The highest BCUT2D eigenvalue weighted by atomic mass is 16.5. The second-order valence-corrected chi connectivity index (χ2v) is 9.29. The van der Waals surface area contributed by atoms with Gasteiger partial charge in [-0.1, -0.05) is 72.8 Å².